The van der Waals surface area contributed by atoms with E-state index in [0.29, 0.717) is 44.5 Å². The Morgan fingerprint density at radius 3 is 2.73 bits per heavy atom. The molecule has 0 radical (unpaired) electrons. The van der Waals surface area contributed by atoms with E-state index in [1.54, 1.807) is 18.9 Å². The van der Waals surface area contributed by atoms with Crippen molar-refractivity contribution in [3.8, 4) is 5.75 Å². The van der Waals surface area contributed by atoms with Crippen LogP contribution in [0.25, 0.3) is 0 Å². The molecule has 3 atom stereocenters. The van der Waals surface area contributed by atoms with Crippen LogP contribution in [0.2, 0.25) is 5.02 Å². The minimum atomic E-state index is -0.788. The van der Waals surface area contributed by atoms with Gasteiger partial charge in [-0.05, 0) is 44.2 Å². The highest BCUT2D eigenvalue weighted by molar-refractivity contribution is 8.00. The van der Waals surface area contributed by atoms with E-state index in [1.807, 2.05) is 0 Å². The summed E-state index contributed by atoms with van der Waals surface area (Å²) in [6.45, 7) is 0.238. The standard InChI is InChI=1S/C22H29ClFN3O5S/c1-31-11-19-25-16(12-33-19)20(30)27-21-4-6-22(7-5-21,17(28)9-21)26-18(29)10-32-13-2-3-14(23)15(24)8-13/h2-3,8,16-17,19,25,28H,4-7,9-12H2,1H3,(H,26,29)(H,27,30)/t16?,17-,19?,21?,22?/m0/s1. The zero-order chi connectivity index (χ0) is 23.6. The summed E-state index contributed by atoms with van der Waals surface area (Å²) in [5.41, 5.74) is -1.21. The third-order valence-electron chi connectivity index (χ3n) is 6.84. The van der Waals surface area contributed by atoms with Crippen molar-refractivity contribution in [1.29, 1.82) is 0 Å². The number of methoxy groups -OCH3 is 1. The van der Waals surface area contributed by atoms with Crippen LogP contribution in [0.5, 0.6) is 5.75 Å². The highest BCUT2D eigenvalue weighted by Crippen LogP contribution is 2.47. The van der Waals surface area contributed by atoms with Gasteiger partial charge < -0.3 is 25.2 Å². The van der Waals surface area contributed by atoms with Gasteiger partial charge in [-0.1, -0.05) is 11.6 Å². The van der Waals surface area contributed by atoms with Gasteiger partial charge in [0.1, 0.15) is 11.6 Å². The first-order valence-corrected chi connectivity index (χ1v) is 12.4. The number of benzene rings is 1. The monoisotopic (exact) mass is 501 g/mol. The van der Waals surface area contributed by atoms with Crippen LogP contribution in [0.4, 0.5) is 4.39 Å². The summed E-state index contributed by atoms with van der Waals surface area (Å²) in [6, 6.07) is 3.68. The summed E-state index contributed by atoms with van der Waals surface area (Å²) < 4.78 is 24.1. The number of aliphatic hydroxyl groups excluding tert-OH is 1. The van der Waals surface area contributed by atoms with E-state index < -0.39 is 23.0 Å². The van der Waals surface area contributed by atoms with Gasteiger partial charge in [0, 0.05) is 24.5 Å². The lowest BCUT2D eigenvalue weighted by Crippen LogP contribution is -2.71. The largest absolute Gasteiger partial charge is 0.484 e. The molecule has 3 aliphatic carbocycles. The molecular weight excluding hydrogens is 473 g/mol. The molecule has 0 aromatic heterocycles. The first kappa shape index (κ1) is 24.5. The van der Waals surface area contributed by atoms with E-state index in [2.05, 4.69) is 16.0 Å². The van der Waals surface area contributed by atoms with Crippen molar-refractivity contribution in [1.82, 2.24) is 16.0 Å². The smallest absolute Gasteiger partial charge is 0.258 e. The zero-order valence-electron chi connectivity index (χ0n) is 18.4. The van der Waals surface area contributed by atoms with Crippen molar-refractivity contribution in [2.75, 3.05) is 26.1 Å². The minimum Gasteiger partial charge on any atom is -0.484 e. The van der Waals surface area contributed by atoms with Crippen LogP contribution in [0.15, 0.2) is 18.2 Å². The number of aliphatic hydroxyl groups is 1. The molecule has 2 bridgehead atoms. The Labute approximate surface area is 201 Å². The summed E-state index contributed by atoms with van der Waals surface area (Å²) in [7, 11) is 1.63. The Morgan fingerprint density at radius 1 is 1.30 bits per heavy atom. The van der Waals surface area contributed by atoms with Crippen LogP contribution < -0.4 is 20.7 Å². The first-order valence-electron chi connectivity index (χ1n) is 11.0. The molecule has 5 rings (SSSR count). The Morgan fingerprint density at radius 2 is 2.06 bits per heavy atom. The zero-order valence-corrected chi connectivity index (χ0v) is 19.9. The van der Waals surface area contributed by atoms with E-state index in [4.69, 9.17) is 21.1 Å². The summed E-state index contributed by atoms with van der Waals surface area (Å²) >= 11 is 7.31. The van der Waals surface area contributed by atoms with Gasteiger partial charge >= 0.3 is 0 Å². The van der Waals surface area contributed by atoms with Gasteiger partial charge in [-0.3, -0.25) is 14.9 Å². The molecule has 1 aliphatic heterocycles. The second-order valence-electron chi connectivity index (χ2n) is 9.05. The average molecular weight is 502 g/mol. The number of ether oxygens (including phenoxy) is 2. The Kier molecular flexibility index (Phi) is 7.40. The van der Waals surface area contributed by atoms with Crippen molar-refractivity contribution >= 4 is 35.2 Å². The van der Waals surface area contributed by atoms with Crippen LogP contribution in [0.1, 0.15) is 32.1 Å². The van der Waals surface area contributed by atoms with E-state index in [1.165, 1.54) is 12.1 Å². The number of thioether (sulfide) groups is 1. The number of nitrogens with one attached hydrogen (secondary N) is 3. The normalized spacial score (nSPS) is 33.0. The molecular formula is C22H29ClFN3O5S. The fourth-order valence-electron chi connectivity index (χ4n) is 4.97. The summed E-state index contributed by atoms with van der Waals surface area (Å²) in [6.07, 6.45) is 2.03. The Balaban J connectivity index is 1.29. The molecule has 1 aromatic rings. The van der Waals surface area contributed by atoms with E-state index >= 15 is 0 Å². The number of halogens is 2. The Bertz CT molecular complexity index is 899. The molecule has 182 valence electrons. The number of carbonyl (C=O) groups is 2. The number of hydrogen-bond acceptors (Lipinski definition) is 7. The lowest BCUT2D eigenvalue weighted by molar-refractivity contribution is -0.136. The second kappa shape index (κ2) is 9.95. The van der Waals surface area contributed by atoms with Crippen LogP contribution in [-0.4, -0.2) is 71.6 Å². The maximum absolute atomic E-state index is 13.5. The van der Waals surface area contributed by atoms with Crippen molar-refractivity contribution < 1.29 is 28.6 Å². The van der Waals surface area contributed by atoms with Crippen molar-refractivity contribution in [2.45, 2.75) is 60.7 Å². The van der Waals surface area contributed by atoms with Gasteiger partial charge in [0.25, 0.3) is 5.91 Å². The number of hydrogen-bond donors (Lipinski definition) is 4. The maximum atomic E-state index is 13.5. The molecule has 1 heterocycles. The quantitative estimate of drug-likeness (QED) is 0.428. The predicted octanol–water partition coefficient (Wildman–Crippen LogP) is 1.58. The molecule has 4 fully saturated rings. The molecule has 2 unspecified atom stereocenters. The van der Waals surface area contributed by atoms with Gasteiger partial charge in [0.05, 0.1) is 34.7 Å². The highest BCUT2D eigenvalue weighted by Gasteiger charge is 2.55. The number of amides is 2. The minimum absolute atomic E-state index is 0.0222. The van der Waals surface area contributed by atoms with E-state index in [9.17, 15) is 19.1 Å². The fraction of sp³-hybridized carbons (Fsp3) is 0.636. The lowest BCUT2D eigenvalue weighted by atomic mass is 9.60. The van der Waals surface area contributed by atoms with Gasteiger partial charge in [-0.25, -0.2) is 4.39 Å². The molecule has 1 aromatic carbocycles. The Hall–Kier alpha value is -1.59. The van der Waals surface area contributed by atoms with Gasteiger partial charge in [0.2, 0.25) is 5.91 Å². The summed E-state index contributed by atoms with van der Waals surface area (Å²) in [5, 5.41) is 20.4. The van der Waals surface area contributed by atoms with Crippen molar-refractivity contribution in [3.63, 3.8) is 0 Å². The molecule has 3 saturated carbocycles. The van der Waals surface area contributed by atoms with Crippen LogP contribution in [0.3, 0.4) is 0 Å². The number of fused-ring (bicyclic) bond motifs is 3. The average Bonchev–Trinajstić information content (AvgIpc) is 3.25. The number of carbonyl (C=O) groups excluding carboxylic acids is 2. The molecule has 1 saturated heterocycles. The molecule has 33 heavy (non-hydrogen) atoms. The summed E-state index contributed by atoms with van der Waals surface area (Å²) in [5.74, 6) is -0.196. The molecule has 8 nitrogen and oxygen atoms in total. The predicted molar refractivity (Wildman–Crippen MR) is 123 cm³/mol. The second-order valence-corrected chi connectivity index (χ2v) is 10.7. The molecule has 11 heteroatoms. The van der Waals surface area contributed by atoms with Crippen molar-refractivity contribution in [3.05, 3.63) is 29.0 Å². The van der Waals surface area contributed by atoms with Crippen LogP contribution >= 0.6 is 23.4 Å². The van der Waals surface area contributed by atoms with Crippen LogP contribution in [0, 0.1) is 5.82 Å². The van der Waals surface area contributed by atoms with Crippen molar-refractivity contribution in [2.24, 2.45) is 0 Å². The van der Waals surface area contributed by atoms with Gasteiger partial charge in [0.15, 0.2) is 6.61 Å². The van der Waals surface area contributed by atoms with E-state index in [0.717, 1.165) is 6.07 Å². The number of rotatable bonds is 8. The maximum Gasteiger partial charge on any atom is 0.258 e. The molecule has 2 amide bonds. The molecule has 4 aliphatic rings. The van der Waals surface area contributed by atoms with Crippen LogP contribution in [-0.2, 0) is 14.3 Å². The molecule has 0 spiro atoms. The van der Waals surface area contributed by atoms with E-state index in [-0.39, 0.29) is 40.6 Å². The third-order valence-corrected chi connectivity index (χ3v) is 8.35. The third kappa shape index (κ3) is 5.40. The summed E-state index contributed by atoms with van der Waals surface area (Å²) in [4.78, 5) is 25.4. The first-order chi connectivity index (χ1) is 15.7. The van der Waals surface area contributed by atoms with Gasteiger partial charge in [-0.2, -0.15) is 0 Å². The topological polar surface area (TPSA) is 109 Å². The lowest BCUT2D eigenvalue weighted by Gasteiger charge is -2.56. The van der Waals surface area contributed by atoms with Gasteiger partial charge in [-0.15, -0.1) is 11.8 Å². The fourth-order valence-corrected chi connectivity index (χ4v) is 6.25. The molecule has 4 N–H and O–H groups in total. The highest BCUT2D eigenvalue weighted by atomic mass is 35.5. The SMILES string of the molecule is COCC1NC(C(=O)NC23CCC(NC(=O)COc4ccc(Cl)c(F)c4)(CC2)[C@@H](O)C3)CS1.